The number of anilines is 1. The molecule has 1 aromatic carbocycles. The number of piperidine rings is 1. The summed E-state index contributed by atoms with van der Waals surface area (Å²) in [5.74, 6) is -0.847. The Balaban J connectivity index is 1.71. The largest absolute Gasteiger partial charge is 0.363 e. The number of carbonyl (C=O) groups excluding carboxylic acids is 1. The van der Waals surface area contributed by atoms with E-state index in [-0.39, 0.29) is 17.5 Å². The first-order valence-electron chi connectivity index (χ1n) is 9.34. The van der Waals surface area contributed by atoms with Crippen LogP contribution < -0.4 is 4.90 Å². The molecule has 3 rings (SSSR count). The Morgan fingerprint density at radius 3 is 2.63 bits per heavy atom. The number of rotatable bonds is 5. The second-order valence-electron chi connectivity index (χ2n) is 7.23. The summed E-state index contributed by atoms with van der Waals surface area (Å²) in [6.07, 6.45) is 4.41. The number of likely N-dealkylation sites (tertiary alicyclic amines) is 1. The van der Waals surface area contributed by atoms with E-state index < -0.39 is 11.6 Å². The lowest BCUT2D eigenvalue weighted by Crippen LogP contribution is -2.44. The Hall–Kier alpha value is -2.50. The van der Waals surface area contributed by atoms with Crippen molar-refractivity contribution in [2.24, 2.45) is 0 Å². The van der Waals surface area contributed by atoms with Gasteiger partial charge in [-0.25, -0.2) is 13.8 Å². The van der Waals surface area contributed by atoms with Crippen molar-refractivity contribution in [3.8, 4) is 0 Å². The van der Waals surface area contributed by atoms with Gasteiger partial charge in [-0.2, -0.15) is 0 Å². The van der Waals surface area contributed by atoms with Crippen LogP contribution in [0.1, 0.15) is 41.7 Å². The number of benzene rings is 1. The van der Waals surface area contributed by atoms with E-state index in [0.29, 0.717) is 6.54 Å². The summed E-state index contributed by atoms with van der Waals surface area (Å²) in [5.41, 5.74) is 1.06. The third-order valence-corrected chi connectivity index (χ3v) is 4.98. The third-order valence-electron chi connectivity index (χ3n) is 4.98. The summed E-state index contributed by atoms with van der Waals surface area (Å²) in [6.45, 7) is 0.618. The molecule has 1 amide bonds. The van der Waals surface area contributed by atoms with Crippen molar-refractivity contribution in [3.63, 3.8) is 0 Å². The first kappa shape index (κ1) is 19.3. The fourth-order valence-electron chi connectivity index (χ4n) is 3.58. The van der Waals surface area contributed by atoms with E-state index in [1.807, 2.05) is 37.2 Å². The maximum atomic E-state index is 13.5. The number of carbonyl (C=O) groups is 1. The van der Waals surface area contributed by atoms with E-state index in [2.05, 4.69) is 4.98 Å². The molecule has 1 atom stereocenters. The highest BCUT2D eigenvalue weighted by molar-refractivity contribution is 5.94. The van der Waals surface area contributed by atoms with Gasteiger partial charge in [-0.15, -0.1) is 0 Å². The minimum absolute atomic E-state index is 0.0578. The van der Waals surface area contributed by atoms with Gasteiger partial charge in [0.1, 0.15) is 17.5 Å². The Morgan fingerprint density at radius 2 is 1.93 bits per heavy atom. The Morgan fingerprint density at radius 1 is 1.19 bits per heavy atom. The standard InChI is InChI=1S/C21H25F2N3O/c1-25(2)20-8-5-6-18(24-20)9-10-19-7-3-4-11-26(19)21(27)15-12-16(22)14-17(23)13-15/h5-6,8,12-14,19H,3-4,7,9-11H2,1-2H3. The Kier molecular flexibility index (Phi) is 6.04. The zero-order valence-electron chi connectivity index (χ0n) is 15.8. The lowest BCUT2D eigenvalue weighted by atomic mass is 9.96. The van der Waals surface area contributed by atoms with Crippen LogP contribution in [-0.4, -0.2) is 42.5 Å². The van der Waals surface area contributed by atoms with Gasteiger partial charge >= 0.3 is 0 Å². The molecular formula is C21H25F2N3O. The lowest BCUT2D eigenvalue weighted by molar-refractivity contribution is 0.0600. The average Bonchev–Trinajstić information content (AvgIpc) is 2.65. The van der Waals surface area contributed by atoms with E-state index in [1.165, 1.54) is 0 Å². The minimum Gasteiger partial charge on any atom is -0.363 e. The van der Waals surface area contributed by atoms with Gasteiger partial charge < -0.3 is 9.80 Å². The van der Waals surface area contributed by atoms with Gasteiger partial charge in [0.05, 0.1) is 0 Å². The van der Waals surface area contributed by atoms with Crippen molar-refractivity contribution >= 4 is 11.7 Å². The van der Waals surface area contributed by atoms with Crippen molar-refractivity contribution in [1.29, 1.82) is 0 Å². The molecule has 2 heterocycles. The molecule has 1 aliphatic rings. The molecule has 1 fully saturated rings. The number of pyridine rings is 1. The van der Waals surface area contributed by atoms with Crippen LogP contribution in [0.25, 0.3) is 0 Å². The van der Waals surface area contributed by atoms with Crippen LogP contribution in [0.4, 0.5) is 14.6 Å². The second-order valence-corrected chi connectivity index (χ2v) is 7.23. The fraction of sp³-hybridized carbons (Fsp3) is 0.429. The zero-order chi connectivity index (χ0) is 19.4. The summed E-state index contributed by atoms with van der Waals surface area (Å²) in [7, 11) is 3.90. The van der Waals surface area contributed by atoms with E-state index in [9.17, 15) is 13.6 Å². The second kappa shape index (κ2) is 8.46. The molecule has 144 valence electrons. The van der Waals surface area contributed by atoms with Crippen molar-refractivity contribution < 1.29 is 13.6 Å². The quantitative estimate of drug-likeness (QED) is 0.793. The molecule has 2 aromatic rings. The predicted octanol–water partition coefficient (Wildman–Crippen LogP) is 4.05. The Bertz CT molecular complexity index is 790. The molecule has 4 nitrogen and oxygen atoms in total. The van der Waals surface area contributed by atoms with Crippen molar-refractivity contribution in [3.05, 3.63) is 59.3 Å². The molecule has 0 N–H and O–H groups in total. The maximum absolute atomic E-state index is 13.5. The van der Waals surface area contributed by atoms with E-state index in [0.717, 1.165) is 61.8 Å². The molecule has 0 aliphatic carbocycles. The van der Waals surface area contributed by atoms with Crippen LogP contribution >= 0.6 is 0 Å². The molecule has 1 aromatic heterocycles. The normalized spacial score (nSPS) is 17.0. The van der Waals surface area contributed by atoms with E-state index in [1.54, 1.807) is 4.90 Å². The first-order chi connectivity index (χ1) is 12.9. The number of nitrogens with zero attached hydrogens (tertiary/aromatic N) is 3. The van der Waals surface area contributed by atoms with Gasteiger partial charge in [-0.05, 0) is 56.4 Å². The van der Waals surface area contributed by atoms with Crippen LogP contribution in [0.5, 0.6) is 0 Å². The van der Waals surface area contributed by atoms with Crippen molar-refractivity contribution in [1.82, 2.24) is 9.88 Å². The number of aromatic nitrogens is 1. The smallest absolute Gasteiger partial charge is 0.254 e. The number of hydrogen-bond donors (Lipinski definition) is 0. The predicted molar refractivity (Wildman–Crippen MR) is 102 cm³/mol. The summed E-state index contributed by atoms with van der Waals surface area (Å²) in [6, 6.07) is 8.99. The summed E-state index contributed by atoms with van der Waals surface area (Å²) >= 11 is 0. The molecule has 1 unspecified atom stereocenters. The molecule has 0 spiro atoms. The lowest BCUT2D eigenvalue weighted by Gasteiger charge is -2.36. The van der Waals surface area contributed by atoms with Crippen LogP contribution in [0.3, 0.4) is 0 Å². The van der Waals surface area contributed by atoms with Gasteiger partial charge in [-0.1, -0.05) is 6.07 Å². The van der Waals surface area contributed by atoms with E-state index >= 15 is 0 Å². The average molecular weight is 373 g/mol. The van der Waals surface area contributed by atoms with Crippen molar-refractivity contribution in [2.75, 3.05) is 25.5 Å². The minimum atomic E-state index is -0.725. The molecule has 27 heavy (non-hydrogen) atoms. The molecule has 0 bridgehead atoms. The molecular weight excluding hydrogens is 348 g/mol. The highest BCUT2D eigenvalue weighted by Crippen LogP contribution is 2.24. The van der Waals surface area contributed by atoms with Gasteiger partial charge in [-0.3, -0.25) is 4.79 Å². The van der Waals surface area contributed by atoms with Crippen LogP contribution in [0.2, 0.25) is 0 Å². The number of aryl methyl sites for hydroxylation is 1. The molecule has 0 radical (unpaired) electrons. The first-order valence-corrected chi connectivity index (χ1v) is 9.34. The highest BCUT2D eigenvalue weighted by Gasteiger charge is 2.28. The summed E-state index contributed by atoms with van der Waals surface area (Å²) < 4.78 is 27.0. The molecule has 1 saturated heterocycles. The van der Waals surface area contributed by atoms with Crippen LogP contribution in [-0.2, 0) is 6.42 Å². The number of amides is 1. The maximum Gasteiger partial charge on any atom is 0.254 e. The molecule has 0 saturated carbocycles. The summed E-state index contributed by atoms with van der Waals surface area (Å²) in [4.78, 5) is 21.2. The van der Waals surface area contributed by atoms with Crippen LogP contribution in [0, 0.1) is 11.6 Å². The van der Waals surface area contributed by atoms with Gasteiger partial charge in [0.25, 0.3) is 5.91 Å². The summed E-state index contributed by atoms with van der Waals surface area (Å²) in [5, 5.41) is 0. The van der Waals surface area contributed by atoms with Crippen LogP contribution in [0.15, 0.2) is 36.4 Å². The molecule has 6 heteroatoms. The number of hydrogen-bond acceptors (Lipinski definition) is 3. The monoisotopic (exact) mass is 373 g/mol. The van der Waals surface area contributed by atoms with E-state index in [4.69, 9.17) is 0 Å². The third kappa shape index (κ3) is 4.81. The van der Waals surface area contributed by atoms with Crippen molar-refractivity contribution in [2.45, 2.75) is 38.1 Å². The fourth-order valence-corrected chi connectivity index (χ4v) is 3.58. The zero-order valence-corrected chi connectivity index (χ0v) is 15.8. The van der Waals surface area contributed by atoms with Gasteiger partial charge in [0.2, 0.25) is 0 Å². The van der Waals surface area contributed by atoms with Gasteiger partial charge in [0.15, 0.2) is 0 Å². The molecule has 1 aliphatic heterocycles. The Labute approximate surface area is 158 Å². The number of halogens is 2. The SMILES string of the molecule is CN(C)c1cccc(CCC2CCCCN2C(=O)c2cc(F)cc(F)c2)n1. The topological polar surface area (TPSA) is 36.4 Å². The van der Waals surface area contributed by atoms with Gasteiger partial charge in [0, 0.05) is 44.0 Å². The highest BCUT2D eigenvalue weighted by atomic mass is 19.1.